The van der Waals surface area contributed by atoms with E-state index in [-0.39, 0.29) is 6.04 Å². The van der Waals surface area contributed by atoms with E-state index in [1.165, 1.54) is 21.5 Å². The van der Waals surface area contributed by atoms with Crippen molar-refractivity contribution in [3.05, 3.63) is 102 Å². The molecule has 2 N–H and O–H groups in total. The summed E-state index contributed by atoms with van der Waals surface area (Å²) in [6.07, 6.45) is 1.93. The van der Waals surface area contributed by atoms with Crippen LogP contribution >= 0.6 is 0 Å². The van der Waals surface area contributed by atoms with Gasteiger partial charge in [0.05, 0.1) is 6.04 Å². The first kappa shape index (κ1) is 14.7. The molecule has 0 spiro atoms. The molecule has 4 rings (SSSR count). The van der Waals surface area contributed by atoms with Gasteiger partial charge in [0.1, 0.15) is 0 Å². The van der Waals surface area contributed by atoms with Crippen LogP contribution in [0, 0.1) is 0 Å². The Balaban J connectivity index is 1.98. The Morgan fingerprint density at radius 1 is 0.708 bits per heavy atom. The molecule has 1 heteroatoms. The molecular weight excluding hydrogens is 290 g/mol. The second kappa shape index (κ2) is 5.95. The molecule has 0 fully saturated rings. The summed E-state index contributed by atoms with van der Waals surface area (Å²) in [6.45, 7) is 4.04. The van der Waals surface area contributed by atoms with Crippen LogP contribution in [0.25, 0.3) is 27.6 Å². The first-order valence-corrected chi connectivity index (χ1v) is 8.17. The van der Waals surface area contributed by atoms with Crippen LogP contribution in [0.1, 0.15) is 22.7 Å². The van der Waals surface area contributed by atoms with Gasteiger partial charge in [-0.2, -0.15) is 0 Å². The summed E-state index contributed by atoms with van der Waals surface area (Å²) < 4.78 is 0. The van der Waals surface area contributed by atoms with Gasteiger partial charge in [-0.25, -0.2) is 0 Å². The molecular formula is C23H19N. The molecule has 0 saturated carbocycles. The predicted molar refractivity (Wildman–Crippen MR) is 104 cm³/mol. The van der Waals surface area contributed by atoms with Crippen molar-refractivity contribution in [2.75, 3.05) is 0 Å². The largest absolute Gasteiger partial charge is 0.320 e. The number of benzene rings is 4. The average Bonchev–Trinajstić information content (AvgIpc) is 2.66. The van der Waals surface area contributed by atoms with Crippen LogP contribution in [0.2, 0.25) is 0 Å². The lowest BCUT2D eigenvalue weighted by Gasteiger charge is -2.18. The Morgan fingerprint density at radius 3 is 2.21 bits per heavy atom. The molecule has 0 amide bonds. The highest BCUT2D eigenvalue weighted by Gasteiger charge is 2.14. The Bertz CT molecular complexity index is 1030. The van der Waals surface area contributed by atoms with Gasteiger partial charge in [0.15, 0.2) is 0 Å². The van der Waals surface area contributed by atoms with Crippen molar-refractivity contribution >= 4 is 27.6 Å². The Kier molecular flexibility index (Phi) is 3.64. The van der Waals surface area contributed by atoms with Crippen LogP contribution in [0.15, 0.2) is 85.4 Å². The van der Waals surface area contributed by atoms with Gasteiger partial charge in [-0.05, 0) is 38.2 Å². The first-order chi connectivity index (χ1) is 11.8. The first-order valence-electron chi connectivity index (χ1n) is 8.17. The van der Waals surface area contributed by atoms with E-state index in [1.807, 2.05) is 24.3 Å². The molecule has 1 nitrogen and oxygen atoms in total. The lowest BCUT2D eigenvalue weighted by molar-refractivity contribution is 0.871. The van der Waals surface area contributed by atoms with Crippen LogP contribution in [0.5, 0.6) is 0 Å². The molecule has 0 aliphatic rings. The lowest BCUT2D eigenvalue weighted by Crippen LogP contribution is -2.13. The highest BCUT2D eigenvalue weighted by Crippen LogP contribution is 2.33. The second-order valence-electron chi connectivity index (χ2n) is 6.04. The minimum Gasteiger partial charge on any atom is -0.320 e. The number of hydrogen-bond donors (Lipinski definition) is 1. The monoisotopic (exact) mass is 309 g/mol. The van der Waals surface area contributed by atoms with Gasteiger partial charge in [-0.1, -0.05) is 91.5 Å². The SMILES string of the molecule is C=Cc1c(C(N)c2ccccc2)ccc2c1ccc1ccccc12. The third kappa shape index (κ3) is 2.31. The van der Waals surface area contributed by atoms with Crippen molar-refractivity contribution in [2.45, 2.75) is 6.04 Å². The molecule has 116 valence electrons. The molecule has 4 aromatic rings. The minimum atomic E-state index is -0.157. The summed E-state index contributed by atoms with van der Waals surface area (Å²) in [6, 6.07) is 27.2. The number of hydrogen-bond acceptors (Lipinski definition) is 1. The molecule has 1 atom stereocenters. The van der Waals surface area contributed by atoms with E-state index in [9.17, 15) is 0 Å². The zero-order chi connectivity index (χ0) is 16.5. The molecule has 0 bridgehead atoms. The molecule has 0 aliphatic carbocycles. The van der Waals surface area contributed by atoms with Crippen molar-refractivity contribution in [1.82, 2.24) is 0 Å². The topological polar surface area (TPSA) is 26.0 Å². The van der Waals surface area contributed by atoms with Gasteiger partial charge in [-0.15, -0.1) is 0 Å². The van der Waals surface area contributed by atoms with Gasteiger partial charge >= 0.3 is 0 Å². The highest BCUT2D eigenvalue weighted by molar-refractivity contribution is 6.10. The molecule has 0 aromatic heterocycles. The fraction of sp³-hybridized carbons (Fsp3) is 0.0435. The summed E-state index contributed by atoms with van der Waals surface area (Å²) in [5.74, 6) is 0. The van der Waals surface area contributed by atoms with Gasteiger partial charge < -0.3 is 5.73 Å². The van der Waals surface area contributed by atoms with E-state index in [0.29, 0.717) is 0 Å². The summed E-state index contributed by atoms with van der Waals surface area (Å²) in [5, 5.41) is 4.96. The minimum absolute atomic E-state index is 0.157. The smallest absolute Gasteiger partial charge is 0.0557 e. The molecule has 4 aromatic carbocycles. The van der Waals surface area contributed by atoms with Crippen LogP contribution < -0.4 is 5.73 Å². The fourth-order valence-electron chi connectivity index (χ4n) is 3.47. The molecule has 0 heterocycles. The summed E-state index contributed by atoms with van der Waals surface area (Å²) in [5.41, 5.74) is 9.89. The maximum atomic E-state index is 6.55. The van der Waals surface area contributed by atoms with Crippen LogP contribution in [0.3, 0.4) is 0 Å². The summed E-state index contributed by atoms with van der Waals surface area (Å²) in [7, 11) is 0. The zero-order valence-corrected chi connectivity index (χ0v) is 13.4. The van der Waals surface area contributed by atoms with E-state index in [1.54, 1.807) is 0 Å². The van der Waals surface area contributed by atoms with Crippen LogP contribution in [0.4, 0.5) is 0 Å². The van der Waals surface area contributed by atoms with Crippen molar-refractivity contribution in [2.24, 2.45) is 5.73 Å². The van der Waals surface area contributed by atoms with Crippen LogP contribution in [-0.2, 0) is 0 Å². The Labute approximate surface area is 142 Å². The highest BCUT2D eigenvalue weighted by atomic mass is 14.6. The van der Waals surface area contributed by atoms with E-state index < -0.39 is 0 Å². The molecule has 0 aliphatic heterocycles. The van der Waals surface area contributed by atoms with Crippen molar-refractivity contribution in [3.63, 3.8) is 0 Å². The third-order valence-corrected chi connectivity index (χ3v) is 4.70. The fourth-order valence-corrected chi connectivity index (χ4v) is 3.47. The average molecular weight is 309 g/mol. The molecule has 24 heavy (non-hydrogen) atoms. The summed E-state index contributed by atoms with van der Waals surface area (Å²) in [4.78, 5) is 0. The van der Waals surface area contributed by atoms with Gasteiger partial charge in [0, 0.05) is 0 Å². The van der Waals surface area contributed by atoms with Gasteiger partial charge in [-0.3, -0.25) is 0 Å². The van der Waals surface area contributed by atoms with E-state index >= 15 is 0 Å². The maximum Gasteiger partial charge on any atom is 0.0557 e. The number of rotatable bonds is 3. The van der Waals surface area contributed by atoms with Crippen LogP contribution in [-0.4, -0.2) is 0 Å². The Morgan fingerprint density at radius 2 is 1.42 bits per heavy atom. The number of nitrogens with two attached hydrogens (primary N) is 1. The summed E-state index contributed by atoms with van der Waals surface area (Å²) >= 11 is 0. The third-order valence-electron chi connectivity index (χ3n) is 4.70. The van der Waals surface area contributed by atoms with Gasteiger partial charge in [0.2, 0.25) is 0 Å². The molecule has 0 radical (unpaired) electrons. The quantitative estimate of drug-likeness (QED) is 0.484. The molecule has 0 saturated heterocycles. The van der Waals surface area contributed by atoms with Crippen molar-refractivity contribution < 1.29 is 0 Å². The van der Waals surface area contributed by atoms with E-state index in [0.717, 1.165) is 16.7 Å². The lowest BCUT2D eigenvalue weighted by atomic mass is 9.89. The standard InChI is InChI=1S/C23H19N/c1-2-18-20-13-12-16-8-6-7-11-19(16)21(20)14-15-22(18)23(24)17-9-4-3-5-10-17/h2-15,23H,1,24H2. The predicted octanol–water partition coefficient (Wildman–Crippen LogP) is 5.68. The van der Waals surface area contributed by atoms with Gasteiger partial charge in [0.25, 0.3) is 0 Å². The van der Waals surface area contributed by atoms with E-state index in [2.05, 4.69) is 67.2 Å². The molecule has 1 unspecified atom stereocenters. The Hall–Kier alpha value is -2.90. The number of fused-ring (bicyclic) bond motifs is 3. The van der Waals surface area contributed by atoms with Crippen molar-refractivity contribution in [1.29, 1.82) is 0 Å². The van der Waals surface area contributed by atoms with Crippen molar-refractivity contribution in [3.8, 4) is 0 Å². The maximum absolute atomic E-state index is 6.55. The zero-order valence-electron chi connectivity index (χ0n) is 13.4. The normalized spacial score (nSPS) is 12.4. The second-order valence-corrected chi connectivity index (χ2v) is 6.04. The van der Waals surface area contributed by atoms with E-state index in [4.69, 9.17) is 5.73 Å².